The van der Waals surface area contributed by atoms with Crippen LogP contribution in [0.25, 0.3) is 0 Å². The molecular formula is C13H26N2O4S. The van der Waals surface area contributed by atoms with E-state index in [9.17, 15) is 13.2 Å². The van der Waals surface area contributed by atoms with Crippen LogP contribution in [0.5, 0.6) is 0 Å². The Morgan fingerprint density at radius 1 is 1.45 bits per heavy atom. The molecule has 0 saturated carbocycles. The van der Waals surface area contributed by atoms with Crippen molar-refractivity contribution in [2.75, 3.05) is 39.0 Å². The summed E-state index contributed by atoms with van der Waals surface area (Å²) in [4.78, 5) is 11.0. The molecule has 20 heavy (non-hydrogen) atoms. The van der Waals surface area contributed by atoms with Crippen molar-refractivity contribution in [3.05, 3.63) is 0 Å². The second-order valence-electron chi connectivity index (χ2n) is 5.16. The molecule has 1 atom stereocenters. The number of ether oxygens (including phenoxy) is 1. The standard InChI is InChI=1S/C13H26N2O4S/c1-3-15(11-12-6-4-8-14-10-12)20(17,18)9-5-7-13(16)19-2/h12,14H,3-11H2,1-2H3. The third-order valence-electron chi connectivity index (χ3n) is 3.62. The van der Waals surface area contributed by atoms with E-state index < -0.39 is 10.0 Å². The number of nitrogens with zero attached hydrogens (tertiary/aromatic N) is 1. The average Bonchev–Trinajstić information content (AvgIpc) is 2.45. The number of carbonyl (C=O) groups is 1. The van der Waals surface area contributed by atoms with Gasteiger partial charge in [0.05, 0.1) is 12.9 Å². The molecule has 0 aromatic rings. The summed E-state index contributed by atoms with van der Waals surface area (Å²) in [6.45, 7) is 4.82. The summed E-state index contributed by atoms with van der Waals surface area (Å²) in [5.74, 6) is 0.0367. The van der Waals surface area contributed by atoms with Gasteiger partial charge in [0, 0.05) is 19.5 Å². The lowest BCUT2D eigenvalue weighted by molar-refractivity contribution is -0.140. The first kappa shape index (κ1) is 17.4. The van der Waals surface area contributed by atoms with E-state index in [4.69, 9.17) is 0 Å². The fourth-order valence-corrected chi connectivity index (χ4v) is 4.04. The molecule has 1 aliphatic rings. The van der Waals surface area contributed by atoms with E-state index in [0.717, 1.165) is 25.9 Å². The van der Waals surface area contributed by atoms with Gasteiger partial charge in [0.25, 0.3) is 0 Å². The van der Waals surface area contributed by atoms with Gasteiger partial charge in [0.15, 0.2) is 0 Å². The van der Waals surface area contributed by atoms with Crippen molar-refractivity contribution < 1.29 is 17.9 Å². The number of hydrogen-bond donors (Lipinski definition) is 1. The monoisotopic (exact) mass is 306 g/mol. The van der Waals surface area contributed by atoms with Crippen LogP contribution >= 0.6 is 0 Å². The van der Waals surface area contributed by atoms with Crippen molar-refractivity contribution in [3.8, 4) is 0 Å². The number of sulfonamides is 1. The fourth-order valence-electron chi connectivity index (χ4n) is 2.44. The number of rotatable bonds is 8. The van der Waals surface area contributed by atoms with Crippen molar-refractivity contribution >= 4 is 16.0 Å². The number of esters is 1. The van der Waals surface area contributed by atoms with E-state index in [-0.39, 0.29) is 18.1 Å². The van der Waals surface area contributed by atoms with Gasteiger partial charge in [-0.15, -0.1) is 0 Å². The zero-order valence-electron chi connectivity index (χ0n) is 12.4. The van der Waals surface area contributed by atoms with Gasteiger partial charge < -0.3 is 10.1 Å². The van der Waals surface area contributed by atoms with E-state index in [0.29, 0.717) is 25.4 Å². The second kappa shape index (κ2) is 8.59. The van der Waals surface area contributed by atoms with Gasteiger partial charge >= 0.3 is 5.97 Å². The van der Waals surface area contributed by atoms with Crippen molar-refractivity contribution in [1.82, 2.24) is 9.62 Å². The molecule has 0 aliphatic carbocycles. The van der Waals surface area contributed by atoms with Crippen molar-refractivity contribution in [2.24, 2.45) is 5.92 Å². The Balaban J connectivity index is 2.46. The minimum absolute atomic E-state index is 0.0100. The molecule has 0 amide bonds. The van der Waals surface area contributed by atoms with Crippen LogP contribution in [0, 0.1) is 5.92 Å². The topological polar surface area (TPSA) is 75.7 Å². The molecule has 1 aliphatic heterocycles. The summed E-state index contributed by atoms with van der Waals surface area (Å²) in [5.41, 5.74) is 0. The third kappa shape index (κ3) is 5.76. The highest BCUT2D eigenvalue weighted by atomic mass is 32.2. The SMILES string of the molecule is CCN(CC1CCCNC1)S(=O)(=O)CCCC(=O)OC. The second-order valence-corrected chi connectivity index (χ2v) is 7.25. The van der Waals surface area contributed by atoms with Crippen molar-refractivity contribution in [1.29, 1.82) is 0 Å². The van der Waals surface area contributed by atoms with E-state index in [1.54, 1.807) is 4.31 Å². The van der Waals surface area contributed by atoms with Gasteiger partial charge in [-0.25, -0.2) is 12.7 Å². The Morgan fingerprint density at radius 3 is 2.75 bits per heavy atom. The lowest BCUT2D eigenvalue weighted by Crippen LogP contribution is -2.41. The first-order valence-corrected chi connectivity index (χ1v) is 8.86. The Hall–Kier alpha value is -0.660. The van der Waals surface area contributed by atoms with Gasteiger partial charge in [-0.2, -0.15) is 0 Å². The number of hydrogen-bond acceptors (Lipinski definition) is 5. The molecule has 1 fully saturated rings. The number of carbonyl (C=O) groups excluding carboxylic acids is 1. The molecule has 7 heteroatoms. The quantitative estimate of drug-likeness (QED) is 0.664. The molecule has 0 radical (unpaired) electrons. The smallest absolute Gasteiger partial charge is 0.305 e. The van der Waals surface area contributed by atoms with E-state index in [1.165, 1.54) is 7.11 Å². The predicted molar refractivity (Wildman–Crippen MR) is 77.9 cm³/mol. The van der Waals surface area contributed by atoms with Crippen LogP contribution in [0.3, 0.4) is 0 Å². The molecule has 0 bridgehead atoms. The minimum Gasteiger partial charge on any atom is -0.469 e. The van der Waals surface area contributed by atoms with Crippen LogP contribution < -0.4 is 5.32 Å². The fraction of sp³-hybridized carbons (Fsp3) is 0.923. The highest BCUT2D eigenvalue weighted by Gasteiger charge is 2.24. The Kier molecular flexibility index (Phi) is 7.47. The summed E-state index contributed by atoms with van der Waals surface area (Å²) in [6.07, 6.45) is 2.64. The van der Waals surface area contributed by atoms with Crippen LogP contribution in [-0.4, -0.2) is 57.7 Å². The van der Waals surface area contributed by atoms with Crippen molar-refractivity contribution in [2.45, 2.75) is 32.6 Å². The molecule has 0 aromatic heterocycles. The summed E-state index contributed by atoms with van der Waals surface area (Å²) in [6, 6.07) is 0. The molecule has 118 valence electrons. The largest absolute Gasteiger partial charge is 0.469 e. The molecule has 1 rings (SSSR count). The molecular weight excluding hydrogens is 280 g/mol. The molecule has 6 nitrogen and oxygen atoms in total. The maximum absolute atomic E-state index is 12.3. The zero-order valence-corrected chi connectivity index (χ0v) is 13.2. The first-order valence-electron chi connectivity index (χ1n) is 7.25. The summed E-state index contributed by atoms with van der Waals surface area (Å²) in [7, 11) is -1.97. The van der Waals surface area contributed by atoms with Crippen LogP contribution in [0.1, 0.15) is 32.6 Å². The van der Waals surface area contributed by atoms with Crippen molar-refractivity contribution in [3.63, 3.8) is 0 Å². The maximum atomic E-state index is 12.3. The Bertz CT molecular complexity index is 391. The van der Waals surface area contributed by atoms with Crippen LogP contribution in [0.2, 0.25) is 0 Å². The molecule has 1 unspecified atom stereocenters. The Labute approximate surface area is 121 Å². The van der Waals surface area contributed by atoms with E-state index in [2.05, 4.69) is 10.1 Å². The van der Waals surface area contributed by atoms with Gasteiger partial charge in [0.1, 0.15) is 0 Å². The number of methoxy groups -OCH3 is 1. The van der Waals surface area contributed by atoms with Gasteiger partial charge in [-0.3, -0.25) is 4.79 Å². The van der Waals surface area contributed by atoms with Crippen LogP contribution in [0.4, 0.5) is 0 Å². The average molecular weight is 306 g/mol. The van der Waals surface area contributed by atoms with Gasteiger partial charge in [-0.05, 0) is 38.3 Å². The predicted octanol–water partition coefficient (Wildman–Crippen LogP) is 0.591. The molecule has 1 saturated heterocycles. The summed E-state index contributed by atoms with van der Waals surface area (Å²) >= 11 is 0. The highest BCUT2D eigenvalue weighted by Crippen LogP contribution is 2.15. The number of piperidine rings is 1. The molecule has 1 heterocycles. The summed E-state index contributed by atoms with van der Waals surface area (Å²) in [5, 5.41) is 3.30. The van der Waals surface area contributed by atoms with Crippen LogP contribution in [-0.2, 0) is 19.6 Å². The number of nitrogens with one attached hydrogen (secondary N) is 1. The lowest BCUT2D eigenvalue weighted by Gasteiger charge is -2.28. The van der Waals surface area contributed by atoms with E-state index >= 15 is 0 Å². The van der Waals surface area contributed by atoms with E-state index in [1.807, 2.05) is 6.92 Å². The third-order valence-corrected chi connectivity index (χ3v) is 5.62. The highest BCUT2D eigenvalue weighted by molar-refractivity contribution is 7.89. The lowest BCUT2D eigenvalue weighted by atomic mass is 10.00. The first-order chi connectivity index (χ1) is 9.49. The van der Waals surface area contributed by atoms with Gasteiger partial charge in [-0.1, -0.05) is 6.92 Å². The molecule has 0 spiro atoms. The zero-order chi connectivity index (χ0) is 15.0. The minimum atomic E-state index is -3.28. The maximum Gasteiger partial charge on any atom is 0.305 e. The molecule has 0 aromatic carbocycles. The van der Waals surface area contributed by atoms with Crippen LogP contribution in [0.15, 0.2) is 0 Å². The Morgan fingerprint density at radius 2 is 2.20 bits per heavy atom. The molecule has 1 N–H and O–H groups in total. The summed E-state index contributed by atoms with van der Waals surface area (Å²) < 4.78 is 30.6. The normalized spacial score (nSPS) is 20.1. The van der Waals surface area contributed by atoms with Gasteiger partial charge in [0.2, 0.25) is 10.0 Å².